The van der Waals surface area contributed by atoms with Crippen LogP contribution in [0.5, 0.6) is 0 Å². The molecule has 0 bridgehead atoms. The van der Waals surface area contributed by atoms with Gasteiger partial charge in [0.2, 0.25) is 11.8 Å². The van der Waals surface area contributed by atoms with E-state index in [0.29, 0.717) is 11.8 Å². The Morgan fingerprint density at radius 2 is 1.05 bits per heavy atom. The maximum absolute atomic E-state index is 5.78. The molecule has 0 aliphatic carbocycles. The Bertz CT molecular complexity index is 650. The fourth-order valence-electron chi connectivity index (χ4n) is 2.22. The zero-order valence-corrected chi connectivity index (χ0v) is 12.3. The Labute approximate surface area is 124 Å². The van der Waals surface area contributed by atoms with Gasteiger partial charge in [-0.1, -0.05) is 38.1 Å². The number of hydrogen-bond donors (Lipinski definition) is 0. The van der Waals surface area contributed by atoms with Gasteiger partial charge in [-0.15, -0.1) is 10.2 Å². The Balaban J connectivity index is 1.87. The first kappa shape index (κ1) is 13.6. The van der Waals surface area contributed by atoms with Crippen LogP contribution in [-0.4, -0.2) is 10.2 Å². The molecule has 0 aliphatic heterocycles. The predicted molar refractivity (Wildman–Crippen MR) is 83.9 cm³/mol. The molecule has 3 heteroatoms. The maximum Gasteiger partial charge on any atom is 0.248 e. The van der Waals surface area contributed by atoms with E-state index in [1.165, 1.54) is 11.1 Å². The highest BCUT2D eigenvalue weighted by Crippen LogP contribution is 2.24. The summed E-state index contributed by atoms with van der Waals surface area (Å²) in [5.74, 6) is 1.12. The first-order valence-corrected chi connectivity index (χ1v) is 7.32. The lowest BCUT2D eigenvalue weighted by molar-refractivity contribution is 0.584. The van der Waals surface area contributed by atoms with E-state index in [9.17, 15) is 0 Å². The highest BCUT2D eigenvalue weighted by Gasteiger charge is 2.10. The van der Waals surface area contributed by atoms with Crippen molar-refractivity contribution in [3.05, 3.63) is 59.7 Å². The minimum Gasteiger partial charge on any atom is -0.416 e. The summed E-state index contributed by atoms with van der Waals surface area (Å²) < 4.78 is 5.78. The second-order valence-electron chi connectivity index (χ2n) is 5.01. The monoisotopic (exact) mass is 278 g/mol. The van der Waals surface area contributed by atoms with Crippen molar-refractivity contribution in [1.82, 2.24) is 10.2 Å². The molecule has 0 radical (unpaired) electrons. The van der Waals surface area contributed by atoms with Crippen LogP contribution in [0.4, 0.5) is 0 Å². The summed E-state index contributed by atoms with van der Waals surface area (Å²) >= 11 is 0. The van der Waals surface area contributed by atoms with Gasteiger partial charge >= 0.3 is 0 Å². The van der Waals surface area contributed by atoms with Crippen molar-refractivity contribution in [3.63, 3.8) is 0 Å². The van der Waals surface area contributed by atoms with Crippen LogP contribution in [0.25, 0.3) is 22.9 Å². The van der Waals surface area contributed by atoms with Gasteiger partial charge < -0.3 is 4.42 Å². The van der Waals surface area contributed by atoms with Crippen molar-refractivity contribution in [1.29, 1.82) is 0 Å². The molecule has 0 spiro atoms. The molecule has 0 atom stereocenters. The van der Waals surface area contributed by atoms with Gasteiger partial charge in [0.15, 0.2) is 0 Å². The summed E-state index contributed by atoms with van der Waals surface area (Å²) in [6.07, 6.45) is 2.05. The van der Waals surface area contributed by atoms with Gasteiger partial charge in [-0.25, -0.2) is 0 Å². The van der Waals surface area contributed by atoms with Gasteiger partial charge in [0.1, 0.15) is 0 Å². The standard InChI is InChI=1S/C18H18N2O/c1-3-13-5-9-15(10-6-13)17-19-20-18(21-17)16-11-7-14(4-2)8-12-16/h5-12H,3-4H2,1-2H3. The molecule has 3 rings (SSSR count). The van der Waals surface area contributed by atoms with Crippen LogP contribution in [0.2, 0.25) is 0 Å². The van der Waals surface area contributed by atoms with E-state index >= 15 is 0 Å². The molecule has 21 heavy (non-hydrogen) atoms. The number of nitrogens with zero attached hydrogens (tertiary/aromatic N) is 2. The fourth-order valence-corrected chi connectivity index (χ4v) is 2.22. The number of benzene rings is 2. The third-order valence-electron chi connectivity index (χ3n) is 3.64. The van der Waals surface area contributed by atoms with Crippen molar-refractivity contribution in [3.8, 4) is 22.9 Å². The van der Waals surface area contributed by atoms with E-state index < -0.39 is 0 Å². The Kier molecular flexibility index (Phi) is 3.82. The minimum atomic E-state index is 0.562. The molecular weight excluding hydrogens is 260 g/mol. The Hall–Kier alpha value is -2.42. The topological polar surface area (TPSA) is 38.9 Å². The van der Waals surface area contributed by atoms with Crippen LogP contribution in [0.15, 0.2) is 52.9 Å². The van der Waals surface area contributed by atoms with E-state index in [1.807, 2.05) is 24.3 Å². The highest BCUT2D eigenvalue weighted by atomic mass is 16.4. The van der Waals surface area contributed by atoms with Gasteiger partial charge in [-0.2, -0.15) is 0 Å². The van der Waals surface area contributed by atoms with E-state index in [0.717, 1.165) is 24.0 Å². The number of aryl methyl sites for hydroxylation is 2. The second kappa shape index (κ2) is 5.92. The van der Waals surface area contributed by atoms with E-state index in [1.54, 1.807) is 0 Å². The summed E-state index contributed by atoms with van der Waals surface area (Å²) in [6.45, 7) is 4.28. The van der Waals surface area contributed by atoms with Crippen LogP contribution in [0.3, 0.4) is 0 Å². The SMILES string of the molecule is CCc1ccc(-c2nnc(-c3ccc(CC)cc3)o2)cc1. The fraction of sp³-hybridized carbons (Fsp3) is 0.222. The molecule has 106 valence electrons. The molecule has 1 heterocycles. The summed E-state index contributed by atoms with van der Waals surface area (Å²) in [5, 5.41) is 8.29. The molecule has 1 aromatic heterocycles. The molecule has 3 aromatic rings. The average molecular weight is 278 g/mol. The lowest BCUT2D eigenvalue weighted by Crippen LogP contribution is -1.81. The van der Waals surface area contributed by atoms with Gasteiger partial charge in [0.05, 0.1) is 0 Å². The quantitative estimate of drug-likeness (QED) is 0.704. The Morgan fingerprint density at radius 3 is 1.38 bits per heavy atom. The second-order valence-corrected chi connectivity index (χ2v) is 5.01. The van der Waals surface area contributed by atoms with Gasteiger partial charge in [-0.05, 0) is 48.2 Å². The first-order chi connectivity index (χ1) is 10.3. The molecule has 0 aliphatic rings. The smallest absolute Gasteiger partial charge is 0.248 e. The predicted octanol–water partition coefficient (Wildman–Crippen LogP) is 4.53. The van der Waals surface area contributed by atoms with Crippen LogP contribution >= 0.6 is 0 Å². The minimum absolute atomic E-state index is 0.562. The first-order valence-electron chi connectivity index (χ1n) is 7.32. The van der Waals surface area contributed by atoms with E-state index in [2.05, 4.69) is 48.3 Å². The van der Waals surface area contributed by atoms with Crippen molar-refractivity contribution in [2.45, 2.75) is 26.7 Å². The van der Waals surface area contributed by atoms with E-state index in [-0.39, 0.29) is 0 Å². The van der Waals surface area contributed by atoms with Crippen molar-refractivity contribution >= 4 is 0 Å². The highest BCUT2D eigenvalue weighted by molar-refractivity contribution is 5.58. The molecule has 3 nitrogen and oxygen atoms in total. The molecule has 0 saturated carbocycles. The third kappa shape index (κ3) is 2.87. The van der Waals surface area contributed by atoms with Crippen LogP contribution in [-0.2, 0) is 12.8 Å². The number of rotatable bonds is 4. The van der Waals surface area contributed by atoms with E-state index in [4.69, 9.17) is 4.42 Å². The third-order valence-corrected chi connectivity index (χ3v) is 3.64. The molecular formula is C18H18N2O. The largest absolute Gasteiger partial charge is 0.416 e. The zero-order valence-electron chi connectivity index (χ0n) is 12.3. The van der Waals surface area contributed by atoms with Crippen molar-refractivity contribution < 1.29 is 4.42 Å². The molecule has 0 saturated heterocycles. The number of aromatic nitrogens is 2. The van der Waals surface area contributed by atoms with Crippen molar-refractivity contribution in [2.24, 2.45) is 0 Å². The summed E-state index contributed by atoms with van der Waals surface area (Å²) in [6, 6.07) is 16.5. The molecule has 2 aromatic carbocycles. The summed E-state index contributed by atoms with van der Waals surface area (Å²) in [7, 11) is 0. The molecule has 0 unspecified atom stereocenters. The molecule has 0 fully saturated rings. The van der Waals surface area contributed by atoms with Gasteiger partial charge in [0, 0.05) is 11.1 Å². The number of hydrogen-bond acceptors (Lipinski definition) is 3. The van der Waals surface area contributed by atoms with Crippen LogP contribution in [0, 0.1) is 0 Å². The van der Waals surface area contributed by atoms with Crippen LogP contribution in [0.1, 0.15) is 25.0 Å². The maximum atomic E-state index is 5.78. The molecule has 0 N–H and O–H groups in total. The summed E-state index contributed by atoms with van der Waals surface area (Å²) in [5.41, 5.74) is 4.51. The molecule has 0 amide bonds. The van der Waals surface area contributed by atoms with Crippen molar-refractivity contribution in [2.75, 3.05) is 0 Å². The Morgan fingerprint density at radius 1 is 0.667 bits per heavy atom. The van der Waals surface area contributed by atoms with Gasteiger partial charge in [-0.3, -0.25) is 0 Å². The summed E-state index contributed by atoms with van der Waals surface area (Å²) in [4.78, 5) is 0. The lowest BCUT2D eigenvalue weighted by atomic mass is 10.1. The zero-order chi connectivity index (χ0) is 14.7. The normalized spacial score (nSPS) is 10.8. The average Bonchev–Trinajstić information content (AvgIpc) is 3.05. The van der Waals surface area contributed by atoms with Gasteiger partial charge in [0.25, 0.3) is 0 Å². The lowest BCUT2D eigenvalue weighted by Gasteiger charge is -1.99. The van der Waals surface area contributed by atoms with Crippen LogP contribution < -0.4 is 0 Å².